The zero-order valence-corrected chi connectivity index (χ0v) is 25.7. The van der Waals surface area contributed by atoms with Crippen molar-refractivity contribution in [2.24, 2.45) is 11.8 Å². The van der Waals surface area contributed by atoms with Crippen molar-refractivity contribution in [3.8, 4) is 5.75 Å². The van der Waals surface area contributed by atoms with Crippen LogP contribution in [0.3, 0.4) is 0 Å². The van der Waals surface area contributed by atoms with Crippen LogP contribution in [0.4, 0.5) is 0 Å². The van der Waals surface area contributed by atoms with Crippen LogP contribution in [0.15, 0.2) is 42.7 Å². The first-order valence-corrected chi connectivity index (χ1v) is 15.9. The number of aromatic amines is 1. The highest BCUT2D eigenvalue weighted by Crippen LogP contribution is 2.48. The number of aliphatic hydroxyl groups is 8. The van der Waals surface area contributed by atoms with Gasteiger partial charge in [-0.3, -0.25) is 4.79 Å². The van der Waals surface area contributed by atoms with Crippen molar-refractivity contribution in [1.29, 1.82) is 0 Å². The van der Waals surface area contributed by atoms with E-state index in [1.807, 2.05) is 0 Å². The lowest BCUT2D eigenvalue weighted by molar-refractivity contribution is -0.339. The zero-order chi connectivity index (χ0) is 34.0. The first-order valence-electron chi connectivity index (χ1n) is 15.9. The van der Waals surface area contributed by atoms with Gasteiger partial charge in [-0.15, -0.1) is 6.58 Å². The number of rotatable bonds is 7. The van der Waals surface area contributed by atoms with Gasteiger partial charge in [0.2, 0.25) is 12.6 Å². The van der Waals surface area contributed by atoms with Crippen LogP contribution in [0.25, 0.3) is 10.9 Å². The number of amides is 1. The standard InChI is InChI=1S/C32H40N2O14/c1-2-13-15-8-19-22-14(16-7-12(3-4-18(16)33-22)45-31-27(41)25(39)23(37)20(9-35)46-31)5-6-34(19)29(43)17(15)11-44-30(13)48-32-28(42)26(40)24(38)21(10-36)47-32/h2-4,7,11,13,15,19-21,23-28,30-33,35-42H,1,5-6,8-10H2. The van der Waals surface area contributed by atoms with Gasteiger partial charge in [0.1, 0.15) is 54.6 Å². The van der Waals surface area contributed by atoms with E-state index in [0.717, 1.165) is 22.2 Å². The lowest BCUT2D eigenvalue weighted by Crippen LogP contribution is -2.60. The van der Waals surface area contributed by atoms with Crippen LogP contribution in [0.1, 0.15) is 23.7 Å². The number of hydrogen-bond donors (Lipinski definition) is 9. The molecule has 1 amide bonds. The molecule has 1 aromatic heterocycles. The number of ether oxygens (including phenoxy) is 5. The Hall–Kier alpha value is -3.13. The SMILES string of the molecule is C=CC1C(OC2OC(CO)C(O)C(O)C2O)OC=C2C(=O)N3CCc4c([nH]c5ccc(OC6OC(CO)C(O)C(O)C6O)cc45)C3CC21. The van der Waals surface area contributed by atoms with Crippen LogP contribution in [0.2, 0.25) is 0 Å². The summed E-state index contributed by atoms with van der Waals surface area (Å²) in [4.78, 5) is 19.1. The Bertz CT molecular complexity index is 1560. The van der Waals surface area contributed by atoms with Crippen LogP contribution in [0, 0.1) is 11.8 Å². The summed E-state index contributed by atoms with van der Waals surface area (Å²) >= 11 is 0. The van der Waals surface area contributed by atoms with Gasteiger partial charge in [-0.05, 0) is 36.6 Å². The molecule has 16 nitrogen and oxygen atoms in total. The number of hydrogen-bond acceptors (Lipinski definition) is 14. The van der Waals surface area contributed by atoms with Gasteiger partial charge < -0.3 is 74.4 Å². The number of aromatic nitrogens is 1. The number of H-pyrrole nitrogens is 1. The third-order valence-electron chi connectivity index (χ3n) is 10.2. The van der Waals surface area contributed by atoms with E-state index in [1.165, 1.54) is 6.26 Å². The molecular weight excluding hydrogens is 636 g/mol. The van der Waals surface area contributed by atoms with E-state index in [1.54, 1.807) is 29.2 Å². The van der Waals surface area contributed by atoms with Crippen LogP contribution in [-0.2, 0) is 30.2 Å². The van der Waals surface area contributed by atoms with E-state index in [9.17, 15) is 45.6 Å². The van der Waals surface area contributed by atoms with Crippen LogP contribution >= 0.6 is 0 Å². The van der Waals surface area contributed by atoms with E-state index in [4.69, 9.17) is 23.7 Å². The molecule has 2 aromatic rings. The highest BCUT2D eigenvalue weighted by Gasteiger charge is 2.51. The molecule has 0 radical (unpaired) electrons. The number of carbonyl (C=O) groups is 1. The highest BCUT2D eigenvalue weighted by molar-refractivity contribution is 5.96. The number of nitrogens with one attached hydrogen (secondary N) is 1. The molecule has 262 valence electrons. The van der Waals surface area contributed by atoms with Crippen molar-refractivity contribution in [2.75, 3.05) is 19.8 Å². The zero-order valence-electron chi connectivity index (χ0n) is 25.7. The van der Waals surface area contributed by atoms with Gasteiger partial charge in [-0.1, -0.05) is 6.08 Å². The minimum atomic E-state index is -1.63. The molecule has 5 aliphatic rings. The highest BCUT2D eigenvalue weighted by atomic mass is 16.8. The van der Waals surface area contributed by atoms with Gasteiger partial charge in [0, 0.05) is 35.0 Å². The minimum absolute atomic E-state index is 0.203. The molecule has 7 rings (SSSR count). The monoisotopic (exact) mass is 676 g/mol. The summed E-state index contributed by atoms with van der Waals surface area (Å²) < 4.78 is 28.6. The summed E-state index contributed by atoms with van der Waals surface area (Å²) in [6.07, 6.45) is -11.6. The molecule has 14 atom stereocenters. The second kappa shape index (κ2) is 13.0. The van der Waals surface area contributed by atoms with Crippen molar-refractivity contribution in [3.05, 3.63) is 53.9 Å². The number of nitrogens with zero attached hydrogens (tertiary/aromatic N) is 1. The fourth-order valence-corrected chi connectivity index (χ4v) is 7.53. The molecule has 6 heterocycles. The first-order chi connectivity index (χ1) is 23.1. The molecular formula is C32H40N2O14. The lowest BCUT2D eigenvalue weighted by atomic mass is 9.74. The molecule has 3 saturated heterocycles. The second-order valence-corrected chi connectivity index (χ2v) is 12.9. The van der Waals surface area contributed by atoms with Gasteiger partial charge >= 0.3 is 0 Å². The molecule has 5 aliphatic heterocycles. The predicted molar refractivity (Wildman–Crippen MR) is 160 cm³/mol. The van der Waals surface area contributed by atoms with E-state index in [-0.39, 0.29) is 11.9 Å². The minimum Gasteiger partial charge on any atom is -0.471 e. The van der Waals surface area contributed by atoms with E-state index < -0.39 is 92.8 Å². The maximum Gasteiger partial charge on any atom is 0.253 e. The number of aliphatic hydroxyl groups excluding tert-OH is 8. The van der Waals surface area contributed by atoms with Crippen molar-refractivity contribution in [3.63, 3.8) is 0 Å². The maximum absolute atomic E-state index is 13.8. The Morgan fingerprint density at radius 3 is 2.25 bits per heavy atom. The predicted octanol–water partition coefficient (Wildman–Crippen LogP) is -2.35. The smallest absolute Gasteiger partial charge is 0.253 e. The molecule has 1 aromatic carbocycles. The van der Waals surface area contributed by atoms with Gasteiger partial charge in [-0.25, -0.2) is 0 Å². The van der Waals surface area contributed by atoms with Gasteiger partial charge in [0.05, 0.1) is 31.1 Å². The summed E-state index contributed by atoms with van der Waals surface area (Å²) in [6.45, 7) is 3.18. The molecule has 3 fully saturated rings. The third kappa shape index (κ3) is 5.41. The largest absolute Gasteiger partial charge is 0.471 e. The Morgan fingerprint density at radius 2 is 1.58 bits per heavy atom. The number of piperidine rings is 1. The Morgan fingerprint density at radius 1 is 0.917 bits per heavy atom. The van der Waals surface area contributed by atoms with Crippen LogP contribution < -0.4 is 4.74 Å². The fourth-order valence-electron chi connectivity index (χ4n) is 7.53. The molecule has 0 spiro atoms. The van der Waals surface area contributed by atoms with E-state index in [0.29, 0.717) is 30.7 Å². The van der Waals surface area contributed by atoms with Gasteiger partial charge in [-0.2, -0.15) is 0 Å². The summed E-state index contributed by atoms with van der Waals surface area (Å²) in [7, 11) is 0. The molecule has 9 N–H and O–H groups in total. The number of benzene rings is 1. The number of carbonyl (C=O) groups excluding carboxylic acids is 1. The lowest BCUT2D eigenvalue weighted by Gasteiger charge is -2.48. The quantitative estimate of drug-likeness (QED) is 0.140. The summed E-state index contributed by atoms with van der Waals surface area (Å²) in [5.74, 6) is -0.852. The van der Waals surface area contributed by atoms with Crippen molar-refractivity contribution in [1.82, 2.24) is 9.88 Å². The molecule has 16 heteroatoms. The maximum atomic E-state index is 13.8. The molecule has 14 unspecified atom stereocenters. The molecule has 0 bridgehead atoms. The van der Waals surface area contributed by atoms with E-state index in [2.05, 4.69) is 11.6 Å². The van der Waals surface area contributed by atoms with Crippen molar-refractivity contribution >= 4 is 16.8 Å². The fraction of sp³-hybridized carbons (Fsp3) is 0.594. The summed E-state index contributed by atoms with van der Waals surface area (Å²) in [6, 6.07) is 4.87. The topological polar surface area (TPSA) is 244 Å². The average Bonchev–Trinajstić information content (AvgIpc) is 3.47. The van der Waals surface area contributed by atoms with Crippen LogP contribution in [0.5, 0.6) is 5.75 Å². The molecule has 48 heavy (non-hydrogen) atoms. The molecule has 0 saturated carbocycles. The first kappa shape index (κ1) is 33.4. The van der Waals surface area contributed by atoms with Gasteiger partial charge in [0.25, 0.3) is 5.91 Å². The van der Waals surface area contributed by atoms with Crippen LogP contribution in [-0.4, -0.2) is 144 Å². The Balaban J connectivity index is 1.13. The Labute approximate surface area is 274 Å². The third-order valence-corrected chi connectivity index (χ3v) is 10.2. The normalized spacial score (nSPS) is 41.1. The second-order valence-electron chi connectivity index (χ2n) is 12.9. The van der Waals surface area contributed by atoms with Crippen molar-refractivity contribution < 1.29 is 69.3 Å². The number of fused-ring (bicyclic) bond motifs is 6. The molecule has 0 aliphatic carbocycles. The van der Waals surface area contributed by atoms with Crippen molar-refractivity contribution in [2.45, 2.75) is 86.6 Å². The Kier molecular flexibility index (Phi) is 9.01. The van der Waals surface area contributed by atoms with Gasteiger partial charge in [0.15, 0.2) is 6.29 Å². The summed E-state index contributed by atoms with van der Waals surface area (Å²) in [5.41, 5.74) is 3.05. The van der Waals surface area contributed by atoms with E-state index >= 15 is 0 Å². The summed E-state index contributed by atoms with van der Waals surface area (Å²) in [5, 5.41) is 81.5. The average molecular weight is 677 g/mol.